The third kappa shape index (κ3) is 6.81. The molecule has 3 amide bonds. The van der Waals surface area contributed by atoms with Crippen molar-refractivity contribution in [3.8, 4) is 5.75 Å². The van der Waals surface area contributed by atoms with E-state index in [0.717, 1.165) is 12.0 Å². The zero-order valence-electron chi connectivity index (χ0n) is 19.4. The number of benzene rings is 2. The van der Waals surface area contributed by atoms with Crippen LogP contribution in [0.4, 0.5) is 0 Å². The van der Waals surface area contributed by atoms with E-state index in [1.807, 2.05) is 42.2 Å². The molecule has 0 bridgehead atoms. The van der Waals surface area contributed by atoms with E-state index in [4.69, 9.17) is 4.74 Å². The van der Waals surface area contributed by atoms with E-state index in [9.17, 15) is 14.4 Å². The first-order valence-corrected chi connectivity index (χ1v) is 11.6. The number of likely N-dealkylation sites (tertiary alicyclic amines) is 1. The lowest BCUT2D eigenvalue weighted by Crippen LogP contribution is -2.54. The number of amides is 3. The highest BCUT2D eigenvalue weighted by Gasteiger charge is 2.33. The quantitative estimate of drug-likeness (QED) is 0.614. The standard InChI is InChI=1S/C26H33N3O4/c1-3-14-27-26(32)24(28-25(31)21-10-7-11-22(18-21)33-2)20-12-15-29(16-13-20)23(30)17-19-8-5-4-6-9-19/h4-11,18,20,24H,3,12-17H2,1-2H3,(H,27,32)(H,28,31). The Kier molecular flexibility index (Phi) is 8.87. The third-order valence-electron chi connectivity index (χ3n) is 6.01. The first-order chi connectivity index (χ1) is 16.0. The minimum absolute atomic E-state index is 0.0443. The molecule has 1 saturated heterocycles. The summed E-state index contributed by atoms with van der Waals surface area (Å²) < 4.78 is 5.21. The van der Waals surface area contributed by atoms with Crippen LogP contribution < -0.4 is 15.4 Å². The summed E-state index contributed by atoms with van der Waals surface area (Å²) in [5.41, 5.74) is 1.44. The van der Waals surface area contributed by atoms with Gasteiger partial charge in [-0.25, -0.2) is 0 Å². The van der Waals surface area contributed by atoms with E-state index in [1.165, 1.54) is 0 Å². The molecule has 0 spiro atoms. The number of carbonyl (C=O) groups excluding carboxylic acids is 3. The number of methoxy groups -OCH3 is 1. The summed E-state index contributed by atoms with van der Waals surface area (Å²) in [5.74, 6) is 0.138. The first kappa shape index (κ1) is 24.3. The van der Waals surface area contributed by atoms with Crippen molar-refractivity contribution in [1.29, 1.82) is 0 Å². The zero-order valence-corrected chi connectivity index (χ0v) is 19.4. The Bertz CT molecular complexity index is 940. The van der Waals surface area contributed by atoms with Gasteiger partial charge in [0.25, 0.3) is 5.91 Å². The van der Waals surface area contributed by atoms with Gasteiger partial charge in [-0.2, -0.15) is 0 Å². The second-order valence-electron chi connectivity index (χ2n) is 8.35. The molecule has 0 radical (unpaired) electrons. The molecule has 0 saturated carbocycles. The molecule has 0 aromatic heterocycles. The SMILES string of the molecule is CCCNC(=O)C(NC(=O)c1cccc(OC)c1)C1CCN(C(=O)Cc2ccccc2)CC1. The highest BCUT2D eigenvalue weighted by Crippen LogP contribution is 2.23. The van der Waals surface area contributed by atoms with Crippen molar-refractivity contribution in [3.63, 3.8) is 0 Å². The highest BCUT2D eigenvalue weighted by molar-refractivity contribution is 5.98. The minimum atomic E-state index is -0.651. The lowest BCUT2D eigenvalue weighted by molar-refractivity contribution is -0.132. The topological polar surface area (TPSA) is 87.7 Å². The number of nitrogens with one attached hydrogen (secondary N) is 2. The average molecular weight is 452 g/mol. The second-order valence-corrected chi connectivity index (χ2v) is 8.35. The molecule has 7 nitrogen and oxygen atoms in total. The monoisotopic (exact) mass is 451 g/mol. The van der Waals surface area contributed by atoms with E-state index >= 15 is 0 Å². The molecule has 7 heteroatoms. The summed E-state index contributed by atoms with van der Waals surface area (Å²) >= 11 is 0. The Morgan fingerprint density at radius 3 is 2.45 bits per heavy atom. The number of hydrogen-bond acceptors (Lipinski definition) is 4. The largest absolute Gasteiger partial charge is 0.497 e. The Balaban J connectivity index is 1.64. The van der Waals surface area contributed by atoms with Gasteiger partial charge in [-0.05, 0) is 48.9 Å². The summed E-state index contributed by atoms with van der Waals surface area (Å²) in [6.07, 6.45) is 2.50. The number of piperidine rings is 1. The molecule has 1 aliphatic rings. The van der Waals surface area contributed by atoms with Crippen LogP contribution in [0.3, 0.4) is 0 Å². The summed E-state index contributed by atoms with van der Waals surface area (Å²) in [4.78, 5) is 40.4. The van der Waals surface area contributed by atoms with E-state index in [-0.39, 0.29) is 23.6 Å². The van der Waals surface area contributed by atoms with Crippen LogP contribution in [0.15, 0.2) is 54.6 Å². The molecule has 1 atom stereocenters. The van der Waals surface area contributed by atoms with E-state index in [0.29, 0.717) is 50.2 Å². The van der Waals surface area contributed by atoms with Gasteiger partial charge in [0.2, 0.25) is 11.8 Å². The summed E-state index contributed by atoms with van der Waals surface area (Å²) in [6.45, 7) is 3.69. The van der Waals surface area contributed by atoms with Crippen LogP contribution in [0.25, 0.3) is 0 Å². The van der Waals surface area contributed by atoms with Crippen molar-refractivity contribution < 1.29 is 19.1 Å². The maximum atomic E-state index is 12.9. The molecular weight excluding hydrogens is 418 g/mol. The average Bonchev–Trinajstić information content (AvgIpc) is 2.86. The van der Waals surface area contributed by atoms with Crippen LogP contribution in [0, 0.1) is 5.92 Å². The Labute approximate surface area is 195 Å². The van der Waals surface area contributed by atoms with Crippen molar-refractivity contribution in [2.75, 3.05) is 26.7 Å². The normalized spacial score (nSPS) is 14.9. The van der Waals surface area contributed by atoms with Gasteiger partial charge >= 0.3 is 0 Å². The summed E-state index contributed by atoms with van der Waals surface area (Å²) in [6, 6.07) is 15.9. The number of rotatable bonds is 9. The Morgan fingerprint density at radius 2 is 1.79 bits per heavy atom. The van der Waals surface area contributed by atoms with Crippen molar-refractivity contribution in [3.05, 3.63) is 65.7 Å². The number of hydrogen-bond donors (Lipinski definition) is 2. The minimum Gasteiger partial charge on any atom is -0.497 e. The van der Waals surface area contributed by atoms with Crippen LogP contribution in [-0.4, -0.2) is 55.4 Å². The predicted octanol–water partition coefficient (Wildman–Crippen LogP) is 2.80. The predicted molar refractivity (Wildman–Crippen MR) is 127 cm³/mol. The van der Waals surface area contributed by atoms with Crippen LogP contribution in [0.1, 0.15) is 42.1 Å². The Morgan fingerprint density at radius 1 is 1.06 bits per heavy atom. The van der Waals surface area contributed by atoms with Crippen LogP contribution in [0.2, 0.25) is 0 Å². The van der Waals surface area contributed by atoms with Crippen molar-refractivity contribution >= 4 is 17.7 Å². The molecule has 1 fully saturated rings. The fraction of sp³-hybridized carbons (Fsp3) is 0.423. The molecule has 176 valence electrons. The van der Waals surface area contributed by atoms with E-state index < -0.39 is 6.04 Å². The maximum Gasteiger partial charge on any atom is 0.252 e. The second kappa shape index (κ2) is 12.0. The van der Waals surface area contributed by atoms with Crippen molar-refractivity contribution in [2.45, 2.75) is 38.6 Å². The van der Waals surface area contributed by atoms with Gasteiger partial charge in [0.15, 0.2) is 0 Å². The molecule has 3 rings (SSSR count). The summed E-state index contributed by atoms with van der Waals surface area (Å²) in [7, 11) is 1.55. The fourth-order valence-corrected chi connectivity index (χ4v) is 4.11. The van der Waals surface area contributed by atoms with E-state index in [2.05, 4.69) is 10.6 Å². The number of carbonyl (C=O) groups is 3. The maximum absolute atomic E-state index is 12.9. The molecule has 2 aromatic rings. The van der Waals surface area contributed by atoms with Crippen LogP contribution >= 0.6 is 0 Å². The lowest BCUT2D eigenvalue weighted by atomic mass is 9.88. The Hall–Kier alpha value is -3.35. The smallest absolute Gasteiger partial charge is 0.252 e. The molecular formula is C26H33N3O4. The lowest BCUT2D eigenvalue weighted by Gasteiger charge is -2.36. The molecule has 2 aromatic carbocycles. The fourth-order valence-electron chi connectivity index (χ4n) is 4.11. The van der Waals surface area contributed by atoms with Gasteiger partial charge in [0.1, 0.15) is 11.8 Å². The molecule has 2 N–H and O–H groups in total. The van der Waals surface area contributed by atoms with Crippen LogP contribution in [-0.2, 0) is 16.0 Å². The highest BCUT2D eigenvalue weighted by atomic mass is 16.5. The molecule has 0 aliphatic carbocycles. The zero-order chi connectivity index (χ0) is 23.6. The molecule has 1 heterocycles. The first-order valence-electron chi connectivity index (χ1n) is 11.6. The van der Waals surface area contributed by atoms with Gasteiger partial charge in [-0.3, -0.25) is 14.4 Å². The van der Waals surface area contributed by atoms with Crippen molar-refractivity contribution in [1.82, 2.24) is 15.5 Å². The van der Waals surface area contributed by atoms with Gasteiger partial charge in [0.05, 0.1) is 13.5 Å². The van der Waals surface area contributed by atoms with E-state index in [1.54, 1.807) is 31.4 Å². The third-order valence-corrected chi connectivity index (χ3v) is 6.01. The molecule has 33 heavy (non-hydrogen) atoms. The van der Waals surface area contributed by atoms with Gasteiger partial charge < -0.3 is 20.3 Å². The molecule has 1 aliphatic heterocycles. The van der Waals surface area contributed by atoms with Gasteiger partial charge in [0, 0.05) is 25.2 Å². The van der Waals surface area contributed by atoms with Gasteiger partial charge in [-0.1, -0.05) is 43.3 Å². The van der Waals surface area contributed by atoms with Gasteiger partial charge in [-0.15, -0.1) is 0 Å². The van der Waals surface area contributed by atoms with Crippen molar-refractivity contribution in [2.24, 2.45) is 5.92 Å². The number of nitrogens with zero attached hydrogens (tertiary/aromatic N) is 1. The summed E-state index contributed by atoms with van der Waals surface area (Å²) in [5, 5.41) is 5.85. The molecule has 1 unspecified atom stereocenters. The van der Waals surface area contributed by atoms with Crippen LogP contribution in [0.5, 0.6) is 5.75 Å². The number of ether oxygens (including phenoxy) is 1.